The molecule has 4 heterocycles. The van der Waals surface area contributed by atoms with Gasteiger partial charge in [-0.3, -0.25) is 9.67 Å². The first-order valence-electron chi connectivity index (χ1n) is 9.97. The van der Waals surface area contributed by atoms with Gasteiger partial charge in [-0.1, -0.05) is 0 Å². The molecule has 0 spiro atoms. The van der Waals surface area contributed by atoms with Crippen molar-refractivity contribution in [3.8, 4) is 11.1 Å². The molecule has 1 aliphatic rings. The maximum atomic E-state index is 13.9. The molecule has 0 aliphatic carbocycles. The maximum absolute atomic E-state index is 13.9. The van der Waals surface area contributed by atoms with Crippen LogP contribution >= 0.6 is 0 Å². The molecule has 154 valence electrons. The van der Waals surface area contributed by atoms with E-state index in [-0.39, 0.29) is 12.2 Å². The van der Waals surface area contributed by atoms with Crippen LogP contribution in [0.25, 0.3) is 22.2 Å². The monoisotopic (exact) mass is 409 g/mol. The topological polar surface area (TPSA) is 56.9 Å². The number of rotatable bonds is 5. The van der Waals surface area contributed by atoms with Gasteiger partial charge >= 0.3 is 0 Å². The summed E-state index contributed by atoms with van der Waals surface area (Å²) in [7, 11) is 0. The molecular formula is C22H21F2N5O. The fourth-order valence-corrected chi connectivity index (χ4v) is 3.81. The van der Waals surface area contributed by atoms with E-state index in [1.807, 2.05) is 29.2 Å². The van der Waals surface area contributed by atoms with Gasteiger partial charge in [0, 0.05) is 35.3 Å². The minimum Gasteiger partial charge on any atom is -0.409 e. The van der Waals surface area contributed by atoms with E-state index in [4.69, 9.17) is 4.84 Å². The smallest absolute Gasteiger partial charge is 0.143 e. The van der Waals surface area contributed by atoms with Crippen molar-refractivity contribution in [2.24, 2.45) is 0 Å². The molecule has 1 aliphatic heterocycles. The summed E-state index contributed by atoms with van der Waals surface area (Å²) < 4.78 is 30.8. The lowest BCUT2D eigenvalue weighted by Crippen LogP contribution is -2.29. The van der Waals surface area contributed by atoms with Gasteiger partial charge < -0.3 is 10.2 Å². The van der Waals surface area contributed by atoms with E-state index in [0.29, 0.717) is 6.04 Å². The molecule has 8 heteroatoms. The van der Waals surface area contributed by atoms with Crippen molar-refractivity contribution in [2.45, 2.75) is 25.5 Å². The largest absolute Gasteiger partial charge is 0.409 e. The summed E-state index contributed by atoms with van der Waals surface area (Å²) in [6.07, 6.45) is 9.55. The number of fused-ring (bicyclic) bond motifs is 1. The van der Waals surface area contributed by atoms with E-state index in [0.717, 1.165) is 66.3 Å². The first-order chi connectivity index (χ1) is 14.7. The van der Waals surface area contributed by atoms with Gasteiger partial charge in [0.15, 0.2) is 0 Å². The Bertz CT molecular complexity index is 1180. The van der Waals surface area contributed by atoms with Crippen LogP contribution in [0.1, 0.15) is 24.4 Å². The van der Waals surface area contributed by atoms with Gasteiger partial charge in [-0.05, 0) is 56.3 Å². The highest BCUT2D eigenvalue weighted by molar-refractivity contribution is 5.80. The van der Waals surface area contributed by atoms with Crippen LogP contribution in [0.15, 0.2) is 55.1 Å². The number of nitrogens with one attached hydrogen (secondary N) is 1. The van der Waals surface area contributed by atoms with Gasteiger partial charge in [0.2, 0.25) is 0 Å². The Labute approximate surface area is 172 Å². The standard InChI is InChI=1S/C22H21F2N5O/c23-18-1-2-20(24)16(9-18)14-30-29-8-5-21-22(29)10-15(11-26-21)17-12-27-28(13-17)19-3-6-25-7-4-19/h1-2,5,8-13,19,25H,3-4,6-7,14H2. The van der Waals surface area contributed by atoms with Gasteiger partial charge in [-0.2, -0.15) is 9.83 Å². The van der Waals surface area contributed by atoms with Crippen LogP contribution in [0.4, 0.5) is 8.78 Å². The molecule has 30 heavy (non-hydrogen) atoms. The number of nitrogens with zero attached hydrogens (tertiary/aromatic N) is 4. The van der Waals surface area contributed by atoms with Crippen molar-refractivity contribution < 1.29 is 13.6 Å². The summed E-state index contributed by atoms with van der Waals surface area (Å²) >= 11 is 0. The van der Waals surface area contributed by atoms with E-state index in [1.165, 1.54) is 4.73 Å². The van der Waals surface area contributed by atoms with Crippen molar-refractivity contribution in [1.82, 2.24) is 24.8 Å². The predicted molar refractivity (Wildman–Crippen MR) is 109 cm³/mol. The predicted octanol–water partition coefficient (Wildman–Crippen LogP) is 3.73. The van der Waals surface area contributed by atoms with E-state index in [2.05, 4.69) is 21.6 Å². The Morgan fingerprint density at radius 2 is 1.93 bits per heavy atom. The lowest BCUT2D eigenvalue weighted by atomic mass is 10.1. The molecule has 1 aromatic carbocycles. The summed E-state index contributed by atoms with van der Waals surface area (Å²) in [5, 5.41) is 7.91. The average molecular weight is 409 g/mol. The SMILES string of the molecule is Fc1ccc(F)c(COn2ccc3ncc(-c4cnn(C5CCNCC5)c4)cc32)c1. The molecule has 0 bridgehead atoms. The first kappa shape index (κ1) is 18.7. The van der Waals surface area contributed by atoms with Crippen molar-refractivity contribution in [3.63, 3.8) is 0 Å². The highest BCUT2D eigenvalue weighted by atomic mass is 19.1. The van der Waals surface area contributed by atoms with Crippen LogP contribution in [0.2, 0.25) is 0 Å². The lowest BCUT2D eigenvalue weighted by molar-refractivity contribution is 0.105. The summed E-state index contributed by atoms with van der Waals surface area (Å²) in [5.41, 5.74) is 3.56. The quantitative estimate of drug-likeness (QED) is 0.546. The zero-order valence-electron chi connectivity index (χ0n) is 16.3. The Morgan fingerprint density at radius 3 is 2.80 bits per heavy atom. The van der Waals surface area contributed by atoms with Crippen LogP contribution in [-0.4, -0.2) is 32.6 Å². The Morgan fingerprint density at radius 1 is 1.07 bits per heavy atom. The Hall–Kier alpha value is -3.26. The second-order valence-electron chi connectivity index (χ2n) is 7.47. The minimum absolute atomic E-state index is 0.0920. The Balaban J connectivity index is 1.39. The molecule has 4 aromatic rings. The maximum Gasteiger partial charge on any atom is 0.143 e. The van der Waals surface area contributed by atoms with Crippen LogP contribution in [0, 0.1) is 11.6 Å². The number of halogens is 2. The number of aromatic nitrogens is 4. The second kappa shape index (κ2) is 7.87. The second-order valence-corrected chi connectivity index (χ2v) is 7.47. The Kier molecular flexibility index (Phi) is 4.92. The van der Waals surface area contributed by atoms with Crippen molar-refractivity contribution in [1.29, 1.82) is 0 Å². The minimum atomic E-state index is -0.503. The highest BCUT2D eigenvalue weighted by Gasteiger charge is 2.16. The summed E-state index contributed by atoms with van der Waals surface area (Å²) in [4.78, 5) is 10.2. The summed E-state index contributed by atoms with van der Waals surface area (Å²) in [6, 6.07) is 7.52. The molecule has 1 fully saturated rings. The summed E-state index contributed by atoms with van der Waals surface area (Å²) in [5.74, 6) is -1.00. The normalized spacial score (nSPS) is 15.0. The summed E-state index contributed by atoms with van der Waals surface area (Å²) in [6.45, 7) is 1.92. The van der Waals surface area contributed by atoms with Gasteiger partial charge in [-0.25, -0.2) is 8.78 Å². The molecule has 5 rings (SSSR count). The van der Waals surface area contributed by atoms with Gasteiger partial charge in [0.25, 0.3) is 0 Å². The molecule has 6 nitrogen and oxygen atoms in total. The van der Waals surface area contributed by atoms with Crippen LogP contribution in [0.3, 0.4) is 0 Å². The fourth-order valence-electron chi connectivity index (χ4n) is 3.81. The average Bonchev–Trinajstić information content (AvgIpc) is 3.42. The molecule has 1 N–H and O–H groups in total. The zero-order chi connectivity index (χ0) is 20.5. The highest BCUT2D eigenvalue weighted by Crippen LogP contribution is 2.25. The van der Waals surface area contributed by atoms with Gasteiger partial charge in [0.05, 0.1) is 17.8 Å². The number of hydrogen-bond acceptors (Lipinski definition) is 4. The van der Waals surface area contributed by atoms with E-state index in [9.17, 15) is 8.78 Å². The molecular weight excluding hydrogens is 388 g/mol. The molecule has 0 saturated carbocycles. The van der Waals surface area contributed by atoms with E-state index < -0.39 is 11.6 Å². The molecule has 0 unspecified atom stereocenters. The van der Waals surface area contributed by atoms with Crippen LogP contribution in [-0.2, 0) is 6.61 Å². The van der Waals surface area contributed by atoms with Crippen molar-refractivity contribution in [2.75, 3.05) is 13.1 Å². The molecule has 0 radical (unpaired) electrons. The first-order valence-corrected chi connectivity index (χ1v) is 9.97. The van der Waals surface area contributed by atoms with Crippen LogP contribution < -0.4 is 10.2 Å². The lowest BCUT2D eigenvalue weighted by Gasteiger charge is -2.22. The van der Waals surface area contributed by atoms with Crippen LogP contribution in [0.5, 0.6) is 0 Å². The number of piperidine rings is 1. The van der Waals surface area contributed by atoms with E-state index in [1.54, 1.807) is 6.20 Å². The third kappa shape index (κ3) is 3.66. The van der Waals surface area contributed by atoms with Crippen molar-refractivity contribution >= 4 is 11.0 Å². The number of pyridine rings is 1. The molecule has 1 saturated heterocycles. The van der Waals surface area contributed by atoms with E-state index >= 15 is 0 Å². The van der Waals surface area contributed by atoms with Gasteiger partial charge in [-0.15, -0.1) is 0 Å². The van der Waals surface area contributed by atoms with Gasteiger partial charge in [0.1, 0.15) is 23.8 Å². The molecule has 3 aromatic heterocycles. The third-order valence-electron chi connectivity index (χ3n) is 5.49. The fraction of sp³-hybridized carbons (Fsp3) is 0.273. The van der Waals surface area contributed by atoms with Crippen molar-refractivity contribution in [3.05, 3.63) is 72.3 Å². The molecule has 0 amide bonds. The third-order valence-corrected chi connectivity index (χ3v) is 5.49. The number of hydrogen-bond donors (Lipinski definition) is 1. The number of benzene rings is 1. The molecule has 0 atom stereocenters. The zero-order valence-corrected chi connectivity index (χ0v) is 16.3.